The van der Waals surface area contributed by atoms with Crippen LogP contribution in [0.5, 0.6) is 5.88 Å². The Hall–Kier alpha value is -2.10. The number of hydrogen-bond acceptors (Lipinski definition) is 3. The van der Waals surface area contributed by atoms with Gasteiger partial charge in [0.25, 0.3) is 0 Å². The zero-order valence-corrected chi connectivity index (χ0v) is 11.5. The molecule has 1 aliphatic rings. The van der Waals surface area contributed by atoms with E-state index in [0.29, 0.717) is 11.4 Å². The average Bonchev–Trinajstić information content (AvgIpc) is 3.07. The van der Waals surface area contributed by atoms with E-state index in [1.165, 1.54) is 25.7 Å². The van der Waals surface area contributed by atoms with Gasteiger partial charge in [0, 0.05) is 18.4 Å². The number of pyridine rings is 1. The lowest BCUT2D eigenvalue weighted by Crippen LogP contribution is -2.02. The van der Waals surface area contributed by atoms with Crippen LogP contribution in [0, 0.1) is 0 Å². The van der Waals surface area contributed by atoms with Crippen molar-refractivity contribution in [3.63, 3.8) is 0 Å². The molecule has 1 saturated carbocycles. The van der Waals surface area contributed by atoms with Gasteiger partial charge in [-0.3, -0.25) is 0 Å². The first-order chi connectivity index (χ1) is 9.75. The molecule has 0 aliphatic heterocycles. The fourth-order valence-electron chi connectivity index (χ4n) is 3.47. The van der Waals surface area contributed by atoms with Crippen LogP contribution in [-0.4, -0.2) is 19.6 Å². The van der Waals surface area contributed by atoms with E-state index < -0.39 is 0 Å². The second kappa shape index (κ2) is 4.20. The molecule has 0 unspecified atom stereocenters. The van der Waals surface area contributed by atoms with Gasteiger partial charge in [0.1, 0.15) is 5.82 Å². The molecule has 1 aromatic carbocycles. The summed E-state index contributed by atoms with van der Waals surface area (Å²) in [6, 6.07) is 7.92. The summed E-state index contributed by atoms with van der Waals surface area (Å²) in [5, 5.41) is 11.2. The van der Waals surface area contributed by atoms with Gasteiger partial charge in [-0.05, 0) is 18.9 Å². The minimum atomic E-state index is 0.0403. The van der Waals surface area contributed by atoms with E-state index >= 15 is 0 Å². The smallest absolute Gasteiger partial charge is 0.240 e. The van der Waals surface area contributed by atoms with Gasteiger partial charge in [0.2, 0.25) is 5.88 Å². The first-order valence-electron chi connectivity index (χ1n) is 7.19. The van der Waals surface area contributed by atoms with E-state index in [2.05, 4.69) is 16.6 Å². The first kappa shape index (κ1) is 11.7. The zero-order valence-electron chi connectivity index (χ0n) is 11.5. The molecule has 3 aromatic rings. The highest BCUT2D eigenvalue weighted by Crippen LogP contribution is 2.37. The third-order valence-electron chi connectivity index (χ3n) is 4.45. The lowest BCUT2D eigenvalue weighted by molar-refractivity contribution is 0.461. The summed E-state index contributed by atoms with van der Waals surface area (Å²) in [7, 11) is 2.05. The molecule has 2 heterocycles. The van der Waals surface area contributed by atoms with E-state index in [1.54, 1.807) is 0 Å². The molecule has 4 rings (SSSR count). The lowest BCUT2D eigenvalue weighted by Gasteiger charge is -2.09. The Morgan fingerprint density at radius 3 is 2.70 bits per heavy atom. The van der Waals surface area contributed by atoms with E-state index in [9.17, 15) is 5.11 Å². The SMILES string of the molecule is Cn1c(C2CCCC2)nc2c(O)nc3ccccc3c21. The molecule has 1 N–H and O–H groups in total. The highest BCUT2D eigenvalue weighted by molar-refractivity contribution is 6.04. The topological polar surface area (TPSA) is 50.9 Å². The summed E-state index contributed by atoms with van der Waals surface area (Å²) >= 11 is 0. The monoisotopic (exact) mass is 267 g/mol. The van der Waals surface area contributed by atoms with Gasteiger partial charge in [0.15, 0.2) is 5.52 Å². The Labute approximate surface area is 117 Å². The minimum absolute atomic E-state index is 0.0403. The quantitative estimate of drug-likeness (QED) is 0.734. The first-order valence-corrected chi connectivity index (χ1v) is 7.19. The largest absolute Gasteiger partial charge is 0.492 e. The number of aryl methyl sites for hydroxylation is 1. The number of aromatic hydroxyl groups is 1. The molecule has 4 nitrogen and oxygen atoms in total. The molecule has 2 aromatic heterocycles. The van der Waals surface area contributed by atoms with Crippen LogP contribution in [0.15, 0.2) is 24.3 Å². The molecule has 20 heavy (non-hydrogen) atoms. The van der Waals surface area contributed by atoms with Crippen molar-refractivity contribution in [1.29, 1.82) is 0 Å². The molecule has 0 spiro atoms. The molecule has 0 amide bonds. The lowest BCUT2D eigenvalue weighted by atomic mass is 10.1. The Morgan fingerprint density at radius 1 is 1.15 bits per heavy atom. The summed E-state index contributed by atoms with van der Waals surface area (Å²) in [6.07, 6.45) is 4.95. The number of hydrogen-bond donors (Lipinski definition) is 1. The number of rotatable bonds is 1. The molecule has 0 saturated heterocycles. The molecule has 1 fully saturated rings. The van der Waals surface area contributed by atoms with Gasteiger partial charge in [-0.25, -0.2) is 9.97 Å². The van der Waals surface area contributed by atoms with Gasteiger partial charge < -0.3 is 9.67 Å². The van der Waals surface area contributed by atoms with E-state index in [1.807, 2.05) is 24.3 Å². The Bertz CT molecular complexity index is 800. The normalized spacial score (nSPS) is 16.4. The molecule has 0 bridgehead atoms. The molecule has 0 radical (unpaired) electrons. The van der Waals surface area contributed by atoms with Crippen LogP contribution in [0.4, 0.5) is 0 Å². The number of aromatic nitrogens is 3. The Balaban J connectivity index is 2.08. The predicted molar refractivity (Wildman–Crippen MR) is 78.9 cm³/mol. The Morgan fingerprint density at radius 2 is 1.90 bits per heavy atom. The summed E-state index contributed by atoms with van der Waals surface area (Å²) in [5.41, 5.74) is 2.45. The van der Waals surface area contributed by atoms with Gasteiger partial charge in [-0.2, -0.15) is 0 Å². The second-order valence-electron chi connectivity index (χ2n) is 5.66. The third-order valence-corrected chi connectivity index (χ3v) is 4.45. The van der Waals surface area contributed by atoms with E-state index in [-0.39, 0.29) is 5.88 Å². The van der Waals surface area contributed by atoms with Crippen molar-refractivity contribution < 1.29 is 5.11 Å². The Kier molecular flexibility index (Phi) is 2.46. The van der Waals surface area contributed by atoms with Crippen molar-refractivity contribution in [3.8, 4) is 5.88 Å². The average molecular weight is 267 g/mol. The van der Waals surface area contributed by atoms with Crippen LogP contribution >= 0.6 is 0 Å². The summed E-state index contributed by atoms with van der Waals surface area (Å²) < 4.78 is 2.15. The molecule has 0 atom stereocenters. The van der Waals surface area contributed by atoms with Crippen LogP contribution in [0.3, 0.4) is 0 Å². The molecular weight excluding hydrogens is 250 g/mol. The van der Waals surface area contributed by atoms with Gasteiger partial charge in [-0.1, -0.05) is 31.0 Å². The minimum Gasteiger partial charge on any atom is -0.492 e. The molecule has 1 aliphatic carbocycles. The van der Waals surface area contributed by atoms with Gasteiger partial charge >= 0.3 is 0 Å². The van der Waals surface area contributed by atoms with Crippen LogP contribution in [0.25, 0.3) is 21.9 Å². The van der Waals surface area contributed by atoms with E-state index in [0.717, 1.165) is 22.2 Å². The van der Waals surface area contributed by atoms with Crippen molar-refractivity contribution in [1.82, 2.24) is 14.5 Å². The maximum atomic E-state index is 10.2. The summed E-state index contributed by atoms with van der Waals surface area (Å²) in [6.45, 7) is 0. The van der Waals surface area contributed by atoms with E-state index in [4.69, 9.17) is 4.98 Å². The fraction of sp³-hybridized carbons (Fsp3) is 0.375. The molecule has 102 valence electrons. The number of benzene rings is 1. The van der Waals surface area contributed by atoms with Crippen molar-refractivity contribution in [2.75, 3.05) is 0 Å². The standard InChI is InChI=1S/C16H17N3O/c1-19-14-11-8-4-5-9-12(11)17-16(20)13(14)18-15(19)10-6-2-3-7-10/h4-5,8-10H,2-3,6-7H2,1H3,(H,17,20). The zero-order chi connectivity index (χ0) is 13.7. The van der Waals surface area contributed by atoms with Crippen molar-refractivity contribution in [2.45, 2.75) is 31.6 Å². The van der Waals surface area contributed by atoms with Crippen LogP contribution in [-0.2, 0) is 7.05 Å². The van der Waals surface area contributed by atoms with Crippen molar-refractivity contribution >= 4 is 21.9 Å². The predicted octanol–water partition coefficient (Wildman–Crippen LogP) is 3.48. The number of imidazole rings is 1. The number of nitrogens with zero attached hydrogens (tertiary/aromatic N) is 3. The maximum absolute atomic E-state index is 10.2. The van der Waals surface area contributed by atoms with Gasteiger partial charge in [0.05, 0.1) is 11.0 Å². The fourth-order valence-corrected chi connectivity index (χ4v) is 3.47. The van der Waals surface area contributed by atoms with Gasteiger partial charge in [-0.15, -0.1) is 0 Å². The summed E-state index contributed by atoms with van der Waals surface area (Å²) in [5.74, 6) is 1.65. The third kappa shape index (κ3) is 1.54. The molecular formula is C16H17N3O. The van der Waals surface area contributed by atoms with Crippen LogP contribution in [0.2, 0.25) is 0 Å². The molecule has 4 heteroatoms. The number of fused-ring (bicyclic) bond motifs is 3. The highest BCUT2D eigenvalue weighted by atomic mass is 16.3. The number of para-hydroxylation sites is 1. The van der Waals surface area contributed by atoms with Crippen molar-refractivity contribution in [3.05, 3.63) is 30.1 Å². The van der Waals surface area contributed by atoms with Crippen LogP contribution in [0.1, 0.15) is 37.4 Å². The highest BCUT2D eigenvalue weighted by Gasteiger charge is 2.24. The second-order valence-corrected chi connectivity index (χ2v) is 5.66. The van der Waals surface area contributed by atoms with Crippen molar-refractivity contribution in [2.24, 2.45) is 7.05 Å². The van der Waals surface area contributed by atoms with Crippen LogP contribution < -0.4 is 0 Å². The summed E-state index contributed by atoms with van der Waals surface area (Å²) in [4.78, 5) is 8.96. The maximum Gasteiger partial charge on any atom is 0.240 e.